The summed E-state index contributed by atoms with van der Waals surface area (Å²) in [6.45, 7) is 7.16. The van der Waals surface area contributed by atoms with Crippen LogP contribution < -0.4 is 10.1 Å². The van der Waals surface area contributed by atoms with Gasteiger partial charge in [-0.05, 0) is 50.8 Å². The zero-order chi connectivity index (χ0) is 24.6. The molecule has 1 aromatic heterocycles. The van der Waals surface area contributed by atoms with E-state index in [-0.39, 0.29) is 24.4 Å². The van der Waals surface area contributed by atoms with Gasteiger partial charge in [0, 0.05) is 11.6 Å². The molecule has 1 fully saturated rings. The van der Waals surface area contributed by atoms with Crippen LogP contribution in [-0.4, -0.2) is 44.5 Å². The Morgan fingerprint density at radius 3 is 2.69 bits per heavy atom. The molecular weight excluding hydrogens is 440 g/mol. The van der Waals surface area contributed by atoms with Gasteiger partial charge in [0.25, 0.3) is 5.91 Å². The van der Waals surface area contributed by atoms with Crippen LogP contribution in [0.4, 0.5) is 0 Å². The molecule has 3 atom stereocenters. The normalized spacial score (nSPS) is 24.3. The average molecular weight is 475 g/mol. The summed E-state index contributed by atoms with van der Waals surface area (Å²) in [5.41, 5.74) is 1.42. The van der Waals surface area contributed by atoms with E-state index in [9.17, 15) is 9.59 Å². The van der Waals surface area contributed by atoms with Crippen molar-refractivity contribution >= 4 is 22.8 Å². The minimum Gasteiger partial charge on any atom is -0.494 e. The van der Waals surface area contributed by atoms with Gasteiger partial charge in [0.2, 0.25) is 5.91 Å². The second-order valence-corrected chi connectivity index (χ2v) is 10.1. The third-order valence-electron chi connectivity index (χ3n) is 7.67. The molecule has 0 spiro atoms. The Hall–Kier alpha value is -3.35. The Labute approximate surface area is 206 Å². The lowest BCUT2D eigenvalue weighted by atomic mass is 9.85. The summed E-state index contributed by atoms with van der Waals surface area (Å²) < 4.78 is 7.75. The number of nitrogens with one attached hydrogen (secondary N) is 1. The topological polar surface area (TPSA) is 76.5 Å². The molecule has 2 amide bonds. The molecule has 1 aliphatic carbocycles. The fourth-order valence-corrected chi connectivity index (χ4v) is 5.53. The Morgan fingerprint density at radius 2 is 1.89 bits per heavy atom. The zero-order valence-electron chi connectivity index (χ0n) is 20.8. The van der Waals surface area contributed by atoms with Gasteiger partial charge in [-0.3, -0.25) is 9.59 Å². The summed E-state index contributed by atoms with van der Waals surface area (Å²) in [5.74, 6) is 1.17. The van der Waals surface area contributed by atoms with Crippen molar-refractivity contribution in [2.24, 2.45) is 5.92 Å². The molecule has 0 bridgehead atoms. The standard InChI is InChI=1S/C28H34N4O3/c1-4-35-24-16-10-6-12-20(24)17-32-26(33)25-29-22-14-8-9-15-23(22)31(25)18-28(32,3)27(34)30-21-13-7-5-11-19(21)2/h6,8-10,12,14-16,19,21H,4-5,7,11,13,17-18H2,1-3H3,(H,30,34)/t19-,21-,28-/m1/s1. The monoisotopic (exact) mass is 474 g/mol. The van der Waals surface area contributed by atoms with Crippen molar-refractivity contribution in [3.05, 3.63) is 59.9 Å². The summed E-state index contributed by atoms with van der Waals surface area (Å²) >= 11 is 0. The Balaban J connectivity index is 1.56. The zero-order valence-corrected chi connectivity index (χ0v) is 20.8. The van der Waals surface area contributed by atoms with Gasteiger partial charge in [-0.15, -0.1) is 0 Å². The number of ether oxygens (including phenoxy) is 1. The molecule has 7 nitrogen and oxygen atoms in total. The summed E-state index contributed by atoms with van der Waals surface area (Å²) in [4.78, 5) is 34.3. The molecule has 2 heterocycles. The van der Waals surface area contributed by atoms with E-state index in [2.05, 4.69) is 17.2 Å². The van der Waals surface area contributed by atoms with E-state index in [1.165, 1.54) is 6.42 Å². The lowest BCUT2D eigenvalue weighted by Gasteiger charge is -2.45. The molecular formula is C28H34N4O3. The number of nitrogens with zero attached hydrogens (tertiary/aromatic N) is 3. The van der Waals surface area contributed by atoms with Crippen LogP contribution in [0.3, 0.4) is 0 Å². The SMILES string of the molecule is CCOc1ccccc1CN1C(=O)c2nc3ccccc3n2C[C@]1(C)C(=O)N[C@@H]1CCCC[C@H]1C. The third kappa shape index (κ3) is 4.17. The van der Waals surface area contributed by atoms with Crippen LogP contribution >= 0.6 is 0 Å². The number of carbonyl (C=O) groups is 2. The number of carbonyl (C=O) groups excluding carboxylic acids is 2. The molecule has 35 heavy (non-hydrogen) atoms. The number of aromatic nitrogens is 2. The maximum atomic E-state index is 14.0. The largest absolute Gasteiger partial charge is 0.494 e. The van der Waals surface area contributed by atoms with Gasteiger partial charge in [0.15, 0.2) is 5.82 Å². The smallest absolute Gasteiger partial charge is 0.291 e. The van der Waals surface area contributed by atoms with Crippen LogP contribution in [-0.2, 0) is 17.9 Å². The molecule has 1 N–H and O–H groups in total. The van der Waals surface area contributed by atoms with Gasteiger partial charge in [-0.2, -0.15) is 0 Å². The Bertz CT molecular complexity index is 1250. The highest BCUT2D eigenvalue weighted by Gasteiger charge is 2.49. The molecule has 0 unspecified atom stereocenters. The van der Waals surface area contributed by atoms with Crippen molar-refractivity contribution in [1.82, 2.24) is 19.8 Å². The molecule has 1 aliphatic heterocycles. The van der Waals surface area contributed by atoms with E-state index < -0.39 is 5.54 Å². The molecule has 1 saturated carbocycles. The number of hydrogen-bond donors (Lipinski definition) is 1. The fourth-order valence-electron chi connectivity index (χ4n) is 5.53. The first-order chi connectivity index (χ1) is 16.9. The highest BCUT2D eigenvalue weighted by Crippen LogP contribution is 2.34. The van der Waals surface area contributed by atoms with Gasteiger partial charge in [0.1, 0.15) is 11.3 Å². The van der Waals surface area contributed by atoms with Crippen molar-refractivity contribution in [2.75, 3.05) is 6.61 Å². The Morgan fingerprint density at radius 1 is 1.14 bits per heavy atom. The lowest BCUT2D eigenvalue weighted by Crippen LogP contribution is -2.65. The minimum atomic E-state index is -1.08. The van der Waals surface area contributed by atoms with E-state index >= 15 is 0 Å². The molecule has 7 heteroatoms. The molecule has 0 saturated heterocycles. The molecule has 2 aromatic carbocycles. The van der Waals surface area contributed by atoms with Crippen molar-refractivity contribution in [1.29, 1.82) is 0 Å². The van der Waals surface area contributed by atoms with Crippen LogP contribution in [0.15, 0.2) is 48.5 Å². The quantitative estimate of drug-likeness (QED) is 0.569. The van der Waals surface area contributed by atoms with Gasteiger partial charge < -0.3 is 19.5 Å². The van der Waals surface area contributed by atoms with Crippen LogP contribution in [0.2, 0.25) is 0 Å². The number of rotatable bonds is 6. The highest BCUT2D eigenvalue weighted by atomic mass is 16.5. The molecule has 184 valence electrons. The van der Waals surface area contributed by atoms with Gasteiger partial charge in [-0.25, -0.2) is 4.98 Å². The maximum absolute atomic E-state index is 14.0. The first-order valence-corrected chi connectivity index (χ1v) is 12.7. The van der Waals surface area contributed by atoms with Crippen molar-refractivity contribution < 1.29 is 14.3 Å². The van der Waals surface area contributed by atoms with Crippen molar-refractivity contribution in [2.45, 2.75) is 71.1 Å². The molecule has 2 aliphatic rings. The predicted molar refractivity (Wildman–Crippen MR) is 135 cm³/mol. The van der Waals surface area contributed by atoms with E-state index in [1.54, 1.807) is 4.90 Å². The number of para-hydroxylation sites is 3. The van der Waals surface area contributed by atoms with Gasteiger partial charge >= 0.3 is 0 Å². The molecule has 5 rings (SSSR count). The predicted octanol–water partition coefficient (Wildman–Crippen LogP) is 4.54. The van der Waals surface area contributed by atoms with Crippen LogP contribution in [0.25, 0.3) is 11.0 Å². The van der Waals surface area contributed by atoms with Crippen molar-refractivity contribution in [3.8, 4) is 5.75 Å². The number of imidazole rings is 1. The number of hydrogen-bond acceptors (Lipinski definition) is 4. The maximum Gasteiger partial charge on any atom is 0.291 e. The number of amides is 2. The molecule has 3 aromatic rings. The van der Waals surface area contributed by atoms with Gasteiger partial charge in [0.05, 0.1) is 30.7 Å². The van der Waals surface area contributed by atoms with E-state index in [0.717, 1.165) is 41.6 Å². The van der Waals surface area contributed by atoms with Gasteiger partial charge in [-0.1, -0.05) is 50.1 Å². The summed E-state index contributed by atoms with van der Waals surface area (Å²) in [5, 5.41) is 3.33. The first kappa shape index (κ1) is 23.4. The van der Waals surface area contributed by atoms with E-state index in [0.29, 0.717) is 24.9 Å². The summed E-state index contributed by atoms with van der Waals surface area (Å²) in [7, 11) is 0. The average Bonchev–Trinajstić information content (AvgIpc) is 3.23. The minimum absolute atomic E-state index is 0.109. The molecule has 0 radical (unpaired) electrons. The number of fused-ring (bicyclic) bond motifs is 3. The summed E-state index contributed by atoms with van der Waals surface area (Å²) in [6, 6.07) is 15.6. The highest BCUT2D eigenvalue weighted by molar-refractivity contribution is 6.01. The van der Waals surface area contributed by atoms with Crippen LogP contribution in [0.1, 0.15) is 62.6 Å². The fraction of sp³-hybridized carbons (Fsp3) is 0.464. The van der Waals surface area contributed by atoms with E-state index in [4.69, 9.17) is 4.74 Å². The summed E-state index contributed by atoms with van der Waals surface area (Å²) in [6.07, 6.45) is 4.41. The third-order valence-corrected chi connectivity index (χ3v) is 7.67. The first-order valence-electron chi connectivity index (χ1n) is 12.7. The van der Waals surface area contributed by atoms with Crippen molar-refractivity contribution in [3.63, 3.8) is 0 Å². The lowest BCUT2D eigenvalue weighted by molar-refractivity contribution is -0.134. The second-order valence-electron chi connectivity index (χ2n) is 10.1. The van der Waals surface area contributed by atoms with E-state index in [1.807, 2.05) is 66.9 Å². The van der Waals surface area contributed by atoms with Crippen LogP contribution in [0, 0.1) is 5.92 Å². The Kier molecular flexibility index (Phi) is 6.26. The number of benzene rings is 2. The second kappa shape index (κ2) is 9.36. The van der Waals surface area contributed by atoms with Crippen LogP contribution in [0.5, 0.6) is 5.75 Å².